The van der Waals surface area contributed by atoms with Gasteiger partial charge in [-0.2, -0.15) is 0 Å². The van der Waals surface area contributed by atoms with E-state index in [9.17, 15) is 0 Å². The molecule has 19 heavy (non-hydrogen) atoms. The Balaban J connectivity index is 1.81. The van der Waals surface area contributed by atoms with Gasteiger partial charge >= 0.3 is 0 Å². The molecule has 1 aliphatic carbocycles. The summed E-state index contributed by atoms with van der Waals surface area (Å²) in [6, 6.07) is 4.89. The van der Waals surface area contributed by atoms with Crippen molar-refractivity contribution in [2.45, 2.75) is 45.1 Å². The third-order valence-corrected chi connectivity index (χ3v) is 4.98. The second kappa shape index (κ2) is 7.90. The summed E-state index contributed by atoms with van der Waals surface area (Å²) < 4.78 is 1.20. The van der Waals surface area contributed by atoms with Gasteiger partial charge in [0.25, 0.3) is 0 Å². The maximum Gasteiger partial charge on any atom is 0.191 e. The number of hydrogen-bond donors (Lipinski definition) is 2. The standard InChI is InChI=1S/C14H22BrN3S/c1-2-16-14(18-11-5-3-4-6-11)17-10-9-12-7-8-13(15)19-12/h7-8,11H,2-6,9-10H2,1H3,(H2,16,17,18). The maximum atomic E-state index is 4.67. The molecule has 0 radical (unpaired) electrons. The van der Waals surface area contributed by atoms with Gasteiger partial charge < -0.3 is 10.6 Å². The van der Waals surface area contributed by atoms with Gasteiger partial charge in [-0.3, -0.25) is 4.99 Å². The molecule has 0 bridgehead atoms. The summed E-state index contributed by atoms with van der Waals surface area (Å²) in [4.78, 5) is 6.05. The predicted octanol–water partition coefficient (Wildman–Crippen LogP) is 3.55. The summed E-state index contributed by atoms with van der Waals surface area (Å²) in [5.74, 6) is 0.977. The van der Waals surface area contributed by atoms with Crippen LogP contribution in [0.5, 0.6) is 0 Å². The lowest BCUT2D eigenvalue weighted by molar-refractivity contribution is 0.614. The van der Waals surface area contributed by atoms with Gasteiger partial charge in [0.1, 0.15) is 0 Å². The number of aliphatic imine (C=N–C) groups is 1. The second-order valence-corrected chi connectivity index (χ2v) is 7.39. The van der Waals surface area contributed by atoms with Crippen LogP contribution in [0.3, 0.4) is 0 Å². The Morgan fingerprint density at radius 2 is 2.21 bits per heavy atom. The van der Waals surface area contributed by atoms with Crippen LogP contribution < -0.4 is 10.6 Å². The van der Waals surface area contributed by atoms with Gasteiger partial charge in [0, 0.05) is 30.4 Å². The maximum absolute atomic E-state index is 4.67. The van der Waals surface area contributed by atoms with E-state index in [-0.39, 0.29) is 0 Å². The number of rotatable bonds is 5. The molecular formula is C14H22BrN3S. The van der Waals surface area contributed by atoms with Gasteiger partial charge in [0.15, 0.2) is 5.96 Å². The summed E-state index contributed by atoms with van der Waals surface area (Å²) in [5.41, 5.74) is 0. The molecule has 0 aliphatic heterocycles. The zero-order valence-corrected chi connectivity index (χ0v) is 13.8. The third kappa shape index (κ3) is 5.15. The normalized spacial score (nSPS) is 16.8. The van der Waals surface area contributed by atoms with Crippen LogP contribution in [-0.2, 0) is 6.42 Å². The van der Waals surface area contributed by atoms with Gasteiger partial charge in [0.2, 0.25) is 0 Å². The van der Waals surface area contributed by atoms with Gasteiger partial charge in [-0.25, -0.2) is 0 Å². The molecule has 1 aromatic rings. The Kier molecular flexibility index (Phi) is 6.17. The average molecular weight is 344 g/mol. The largest absolute Gasteiger partial charge is 0.357 e. The van der Waals surface area contributed by atoms with E-state index in [0.29, 0.717) is 6.04 Å². The highest BCUT2D eigenvalue weighted by Gasteiger charge is 2.15. The molecule has 5 heteroatoms. The molecule has 1 aliphatic rings. The smallest absolute Gasteiger partial charge is 0.191 e. The molecule has 3 nitrogen and oxygen atoms in total. The first kappa shape index (κ1) is 14.9. The van der Waals surface area contributed by atoms with Gasteiger partial charge in [-0.15, -0.1) is 11.3 Å². The fourth-order valence-electron chi connectivity index (χ4n) is 2.35. The van der Waals surface area contributed by atoms with Crippen LogP contribution >= 0.6 is 27.3 Å². The van der Waals surface area contributed by atoms with E-state index in [2.05, 4.69) is 50.6 Å². The van der Waals surface area contributed by atoms with E-state index in [1.54, 1.807) is 11.3 Å². The average Bonchev–Trinajstić information content (AvgIpc) is 3.01. The molecule has 0 unspecified atom stereocenters. The van der Waals surface area contributed by atoms with Crippen LogP contribution in [0, 0.1) is 0 Å². The molecule has 0 spiro atoms. The fourth-order valence-corrected chi connectivity index (χ4v) is 3.82. The zero-order valence-electron chi connectivity index (χ0n) is 11.4. The first-order valence-corrected chi connectivity index (χ1v) is 8.68. The van der Waals surface area contributed by atoms with Crippen molar-refractivity contribution in [2.24, 2.45) is 4.99 Å². The van der Waals surface area contributed by atoms with Gasteiger partial charge in [-0.05, 0) is 47.8 Å². The van der Waals surface area contributed by atoms with Crippen molar-refractivity contribution in [3.63, 3.8) is 0 Å². The first-order valence-electron chi connectivity index (χ1n) is 7.07. The molecule has 0 saturated heterocycles. The second-order valence-electron chi connectivity index (χ2n) is 4.84. The van der Waals surface area contributed by atoms with Crippen LogP contribution in [0.4, 0.5) is 0 Å². The minimum Gasteiger partial charge on any atom is -0.357 e. The molecular weight excluding hydrogens is 322 g/mol. The Bertz CT molecular complexity index is 411. The molecule has 0 amide bonds. The number of halogens is 1. The van der Waals surface area contributed by atoms with Crippen molar-refractivity contribution in [3.8, 4) is 0 Å². The quantitative estimate of drug-likeness (QED) is 0.633. The van der Waals surface area contributed by atoms with Crippen LogP contribution in [-0.4, -0.2) is 25.1 Å². The number of hydrogen-bond acceptors (Lipinski definition) is 2. The highest BCUT2D eigenvalue weighted by atomic mass is 79.9. The Labute approximate surface area is 128 Å². The van der Waals surface area contributed by atoms with E-state index in [1.165, 1.54) is 34.3 Å². The molecule has 1 saturated carbocycles. The number of thiophene rings is 1. The molecule has 2 N–H and O–H groups in total. The molecule has 2 rings (SSSR count). The van der Waals surface area contributed by atoms with Crippen LogP contribution in [0.1, 0.15) is 37.5 Å². The Hall–Kier alpha value is -0.550. The summed E-state index contributed by atoms with van der Waals surface area (Å²) in [6.07, 6.45) is 6.27. The van der Waals surface area contributed by atoms with Crippen molar-refractivity contribution < 1.29 is 0 Å². The minimum atomic E-state index is 0.619. The molecule has 0 atom stereocenters. The summed E-state index contributed by atoms with van der Waals surface area (Å²) in [6.45, 7) is 3.88. The number of nitrogens with zero attached hydrogens (tertiary/aromatic N) is 1. The SMILES string of the molecule is CCNC(=NCCc1ccc(Br)s1)NC1CCCC1. The summed E-state index contributed by atoms with van der Waals surface area (Å²) in [7, 11) is 0. The first-order chi connectivity index (χ1) is 9.28. The van der Waals surface area contributed by atoms with E-state index < -0.39 is 0 Å². The van der Waals surface area contributed by atoms with Crippen molar-refractivity contribution in [1.29, 1.82) is 0 Å². The lowest BCUT2D eigenvalue weighted by atomic mass is 10.2. The van der Waals surface area contributed by atoms with Gasteiger partial charge in [0.05, 0.1) is 3.79 Å². The fraction of sp³-hybridized carbons (Fsp3) is 0.643. The number of nitrogens with one attached hydrogen (secondary N) is 2. The minimum absolute atomic E-state index is 0.619. The third-order valence-electron chi connectivity index (χ3n) is 3.30. The topological polar surface area (TPSA) is 36.4 Å². The van der Waals surface area contributed by atoms with Crippen molar-refractivity contribution >= 4 is 33.2 Å². The van der Waals surface area contributed by atoms with Gasteiger partial charge in [-0.1, -0.05) is 12.8 Å². The monoisotopic (exact) mass is 343 g/mol. The van der Waals surface area contributed by atoms with E-state index in [0.717, 1.165) is 25.5 Å². The highest BCUT2D eigenvalue weighted by molar-refractivity contribution is 9.11. The number of guanidine groups is 1. The van der Waals surface area contributed by atoms with Crippen LogP contribution in [0.25, 0.3) is 0 Å². The predicted molar refractivity (Wildman–Crippen MR) is 87.1 cm³/mol. The molecule has 1 fully saturated rings. The Morgan fingerprint density at radius 1 is 1.42 bits per heavy atom. The molecule has 0 aromatic carbocycles. The summed E-state index contributed by atoms with van der Waals surface area (Å²) in [5, 5.41) is 6.88. The zero-order chi connectivity index (χ0) is 13.5. The molecule has 1 heterocycles. The van der Waals surface area contributed by atoms with E-state index >= 15 is 0 Å². The molecule has 106 valence electrons. The van der Waals surface area contributed by atoms with E-state index in [4.69, 9.17) is 0 Å². The van der Waals surface area contributed by atoms with Crippen LogP contribution in [0.2, 0.25) is 0 Å². The van der Waals surface area contributed by atoms with Crippen LogP contribution in [0.15, 0.2) is 20.9 Å². The Morgan fingerprint density at radius 3 is 2.84 bits per heavy atom. The lowest BCUT2D eigenvalue weighted by Gasteiger charge is -2.16. The lowest BCUT2D eigenvalue weighted by Crippen LogP contribution is -2.42. The summed E-state index contributed by atoms with van der Waals surface area (Å²) >= 11 is 5.29. The van der Waals surface area contributed by atoms with Crippen molar-refractivity contribution in [1.82, 2.24) is 10.6 Å². The highest BCUT2D eigenvalue weighted by Crippen LogP contribution is 2.22. The molecule has 1 aromatic heterocycles. The van der Waals surface area contributed by atoms with Crippen molar-refractivity contribution in [3.05, 3.63) is 20.8 Å². The van der Waals surface area contributed by atoms with Crippen molar-refractivity contribution in [2.75, 3.05) is 13.1 Å². The van der Waals surface area contributed by atoms with E-state index in [1.807, 2.05) is 0 Å².